The molecular weight excluding hydrogens is 323 g/mol. The van der Waals surface area contributed by atoms with Gasteiger partial charge in [-0.15, -0.1) is 11.3 Å². The second-order valence-corrected chi connectivity index (χ2v) is 5.82. The second kappa shape index (κ2) is 5.78. The van der Waals surface area contributed by atoms with Crippen LogP contribution >= 0.6 is 23.6 Å². The number of nitrogens with one attached hydrogen (secondary N) is 1. The first-order valence-corrected chi connectivity index (χ1v) is 7.55. The van der Waals surface area contributed by atoms with E-state index in [1.807, 2.05) is 11.4 Å². The number of nitrogens with zero attached hydrogens (tertiary/aromatic N) is 1. The third-order valence-electron chi connectivity index (χ3n) is 3.00. The van der Waals surface area contributed by atoms with E-state index < -0.39 is 17.6 Å². The molecule has 7 heteroatoms. The van der Waals surface area contributed by atoms with Crippen molar-refractivity contribution in [1.29, 1.82) is 0 Å². The van der Waals surface area contributed by atoms with E-state index in [0.29, 0.717) is 0 Å². The molecule has 4 nitrogen and oxygen atoms in total. The van der Waals surface area contributed by atoms with Crippen molar-refractivity contribution in [1.82, 2.24) is 5.32 Å². The van der Waals surface area contributed by atoms with Gasteiger partial charge in [-0.05, 0) is 47.9 Å². The van der Waals surface area contributed by atoms with Crippen LogP contribution < -0.4 is 10.2 Å². The Morgan fingerprint density at radius 2 is 2.05 bits per heavy atom. The fraction of sp³-hybridized carbons (Fsp3) is 0. The molecule has 110 valence electrons. The van der Waals surface area contributed by atoms with Gasteiger partial charge < -0.3 is 0 Å². The molecule has 0 saturated carbocycles. The largest absolute Gasteiger partial charge is 0.298 e. The third kappa shape index (κ3) is 2.68. The van der Waals surface area contributed by atoms with Gasteiger partial charge in [0.05, 0.1) is 5.69 Å². The van der Waals surface area contributed by atoms with E-state index in [4.69, 9.17) is 12.2 Å². The number of rotatable bonds is 2. The van der Waals surface area contributed by atoms with Gasteiger partial charge in [0.15, 0.2) is 5.11 Å². The van der Waals surface area contributed by atoms with Crippen LogP contribution in [-0.2, 0) is 9.59 Å². The Bertz CT molecular complexity index is 800. The molecule has 0 unspecified atom stereocenters. The summed E-state index contributed by atoms with van der Waals surface area (Å²) >= 11 is 6.43. The fourth-order valence-corrected chi connectivity index (χ4v) is 2.96. The molecule has 0 aliphatic carbocycles. The van der Waals surface area contributed by atoms with Gasteiger partial charge in [-0.2, -0.15) is 0 Å². The molecule has 2 heterocycles. The Balaban J connectivity index is 2.03. The minimum absolute atomic E-state index is 0.0414. The molecule has 1 fully saturated rings. The van der Waals surface area contributed by atoms with Crippen LogP contribution in [0.2, 0.25) is 0 Å². The van der Waals surface area contributed by atoms with E-state index in [9.17, 15) is 14.0 Å². The molecule has 2 aromatic rings. The topological polar surface area (TPSA) is 49.4 Å². The molecule has 0 bridgehead atoms. The lowest BCUT2D eigenvalue weighted by molar-refractivity contribution is -0.122. The molecule has 1 aromatic carbocycles. The highest BCUT2D eigenvalue weighted by molar-refractivity contribution is 7.80. The third-order valence-corrected chi connectivity index (χ3v) is 4.10. The molecule has 1 saturated heterocycles. The van der Waals surface area contributed by atoms with Crippen molar-refractivity contribution in [2.45, 2.75) is 0 Å². The molecule has 0 spiro atoms. The Labute approximate surface area is 134 Å². The lowest BCUT2D eigenvalue weighted by Crippen LogP contribution is -2.54. The number of hydrogen-bond acceptors (Lipinski definition) is 4. The first kappa shape index (κ1) is 14.6. The van der Waals surface area contributed by atoms with Gasteiger partial charge in [0.1, 0.15) is 11.4 Å². The summed E-state index contributed by atoms with van der Waals surface area (Å²) in [7, 11) is 0. The summed E-state index contributed by atoms with van der Waals surface area (Å²) in [6.45, 7) is 0. The molecule has 0 radical (unpaired) electrons. The van der Waals surface area contributed by atoms with Gasteiger partial charge in [-0.1, -0.05) is 12.1 Å². The van der Waals surface area contributed by atoms with Crippen LogP contribution in [0.3, 0.4) is 0 Å². The van der Waals surface area contributed by atoms with Crippen LogP contribution in [0.4, 0.5) is 10.1 Å². The van der Waals surface area contributed by atoms with Crippen molar-refractivity contribution in [3.63, 3.8) is 0 Å². The lowest BCUT2D eigenvalue weighted by Gasteiger charge is -2.28. The van der Waals surface area contributed by atoms with Gasteiger partial charge in [-0.3, -0.25) is 19.8 Å². The highest BCUT2D eigenvalue weighted by atomic mass is 32.1. The number of anilines is 1. The summed E-state index contributed by atoms with van der Waals surface area (Å²) in [5, 5.41) is 4.23. The Hall–Kier alpha value is -2.38. The quantitative estimate of drug-likeness (QED) is 0.523. The number of carbonyl (C=O) groups excluding carboxylic acids is 2. The zero-order chi connectivity index (χ0) is 15.7. The molecule has 3 rings (SSSR count). The van der Waals surface area contributed by atoms with Gasteiger partial charge in [-0.25, -0.2) is 4.39 Å². The maximum absolute atomic E-state index is 13.4. The molecule has 1 N–H and O–H groups in total. The minimum atomic E-state index is -0.576. The number of halogens is 1. The van der Waals surface area contributed by atoms with E-state index >= 15 is 0 Å². The first-order valence-electron chi connectivity index (χ1n) is 6.27. The highest BCUT2D eigenvalue weighted by Crippen LogP contribution is 2.23. The number of hydrogen-bond donors (Lipinski definition) is 1. The molecule has 0 atom stereocenters. The fourth-order valence-electron chi connectivity index (χ4n) is 2.02. The number of carbonyl (C=O) groups is 2. The molecule has 22 heavy (non-hydrogen) atoms. The molecular formula is C15H9FN2O2S2. The Morgan fingerprint density at radius 1 is 1.23 bits per heavy atom. The number of amides is 2. The second-order valence-electron chi connectivity index (χ2n) is 4.45. The van der Waals surface area contributed by atoms with Crippen LogP contribution in [0.1, 0.15) is 4.88 Å². The first-order chi connectivity index (χ1) is 10.6. The molecule has 1 aliphatic heterocycles. The van der Waals surface area contributed by atoms with Crippen molar-refractivity contribution in [2.24, 2.45) is 0 Å². The van der Waals surface area contributed by atoms with E-state index in [-0.39, 0.29) is 16.4 Å². The van der Waals surface area contributed by atoms with E-state index in [0.717, 1.165) is 9.78 Å². The summed E-state index contributed by atoms with van der Waals surface area (Å²) in [5.74, 6) is -1.63. The van der Waals surface area contributed by atoms with Crippen molar-refractivity contribution >= 4 is 52.2 Å². The Morgan fingerprint density at radius 3 is 2.73 bits per heavy atom. The van der Waals surface area contributed by atoms with Crippen LogP contribution in [0.5, 0.6) is 0 Å². The lowest BCUT2D eigenvalue weighted by atomic mass is 10.1. The number of thiophene rings is 1. The van der Waals surface area contributed by atoms with Gasteiger partial charge in [0.2, 0.25) is 0 Å². The smallest absolute Gasteiger partial charge is 0.270 e. The van der Waals surface area contributed by atoms with Crippen LogP contribution in [0.25, 0.3) is 6.08 Å². The SMILES string of the molecule is O=C1NC(=S)N(c2cccc(F)c2)C(=O)/C1=C/c1cccs1. The van der Waals surface area contributed by atoms with E-state index in [2.05, 4.69) is 5.32 Å². The predicted molar refractivity (Wildman–Crippen MR) is 86.9 cm³/mol. The van der Waals surface area contributed by atoms with Gasteiger partial charge in [0, 0.05) is 4.88 Å². The zero-order valence-electron chi connectivity index (χ0n) is 11.1. The standard InChI is InChI=1S/C15H9FN2O2S2/c16-9-3-1-4-10(7-9)18-14(20)12(13(19)17-15(18)21)8-11-5-2-6-22-11/h1-8H,(H,17,19,21)/b12-8+. The average molecular weight is 332 g/mol. The van der Waals surface area contributed by atoms with Crippen LogP contribution in [0, 0.1) is 5.82 Å². The normalized spacial score (nSPS) is 17.0. The van der Waals surface area contributed by atoms with Crippen molar-refractivity contribution in [2.75, 3.05) is 4.90 Å². The summed E-state index contributed by atoms with van der Waals surface area (Å²) in [4.78, 5) is 26.5. The monoisotopic (exact) mass is 332 g/mol. The molecule has 2 amide bonds. The van der Waals surface area contributed by atoms with E-state index in [1.165, 1.54) is 35.6 Å². The van der Waals surface area contributed by atoms with Gasteiger partial charge >= 0.3 is 0 Å². The molecule has 1 aromatic heterocycles. The highest BCUT2D eigenvalue weighted by Gasteiger charge is 2.34. The number of thiocarbonyl (C=S) groups is 1. The van der Waals surface area contributed by atoms with Crippen molar-refractivity contribution in [3.8, 4) is 0 Å². The maximum Gasteiger partial charge on any atom is 0.270 e. The minimum Gasteiger partial charge on any atom is -0.298 e. The van der Waals surface area contributed by atoms with Gasteiger partial charge in [0.25, 0.3) is 11.8 Å². The van der Waals surface area contributed by atoms with Crippen LogP contribution in [0.15, 0.2) is 47.4 Å². The predicted octanol–water partition coefficient (Wildman–Crippen LogP) is 2.72. The summed E-state index contributed by atoms with van der Waals surface area (Å²) in [5.41, 5.74) is 0.229. The zero-order valence-corrected chi connectivity index (χ0v) is 12.7. The Kier molecular flexibility index (Phi) is 3.82. The van der Waals surface area contributed by atoms with Crippen molar-refractivity contribution < 1.29 is 14.0 Å². The average Bonchev–Trinajstić information content (AvgIpc) is 2.96. The number of benzene rings is 1. The van der Waals surface area contributed by atoms with E-state index in [1.54, 1.807) is 12.1 Å². The summed E-state index contributed by atoms with van der Waals surface area (Å²) in [6.07, 6.45) is 1.50. The molecule has 1 aliphatic rings. The van der Waals surface area contributed by atoms with Crippen LogP contribution in [-0.4, -0.2) is 16.9 Å². The maximum atomic E-state index is 13.4. The summed E-state index contributed by atoms with van der Waals surface area (Å²) in [6, 6.07) is 9.08. The van der Waals surface area contributed by atoms with Crippen molar-refractivity contribution in [3.05, 3.63) is 58.0 Å². The summed E-state index contributed by atoms with van der Waals surface area (Å²) < 4.78 is 13.4.